The van der Waals surface area contributed by atoms with Gasteiger partial charge in [0, 0.05) is 5.56 Å². The molecule has 1 aromatic heterocycles. The smallest absolute Gasteiger partial charge is 0.337 e. The number of aromatic nitrogens is 1. The maximum atomic E-state index is 11.9. The third kappa shape index (κ3) is 5.62. The third-order valence-electron chi connectivity index (χ3n) is 5.68. The minimum atomic E-state index is -0.982. The molecule has 0 radical (unpaired) electrons. The van der Waals surface area contributed by atoms with Crippen molar-refractivity contribution in [2.24, 2.45) is 0 Å². The lowest BCUT2D eigenvalue weighted by Gasteiger charge is -2.14. The maximum Gasteiger partial charge on any atom is 0.337 e. The second-order valence-electron chi connectivity index (χ2n) is 8.12. The highest BCUT2D eigenvalue weighted by atomic mass is 16.5. The normalized spacial score (nSPS) is 10.6. The Bertz CT molecular complexity index is 1270. The number of carbonyl (C=O) groups is 1. The predicted molar refractivity (Wildman–Crippen MR) is 133 cm³/mol. The van der Waals surface area contributed by atoms with Crippen LogP contribution in [0.3, 0.4) is 0 Å². The van der Waals surface area contributed by atoms with Crippen molar-refractivity contribution in [3.05, 3.63) is 113 Å². The highest BCUT2D eigenvalue weighted by Gasteiger charge is 2.16. The van der Waals surface area contributed by atoms with Crippen LogP contribution >= 0.6 is 0 Å². The van der Waals surface area contributed by atoms with E-state index in [2.05, 4.69) is 24.3 Å². The lowest BCUT2D eigenvalue weighted by molar-refractivity contribution is 0.0695. The van der Waals surface area contributed by atoms with Gasteiger partial charge in [0.25, 0.3) is 0 Å². The van der Waals surface area contributed by atoms with Crippen molar-refractivity contribution in [3.63, 3.8) is 0 Å². The van der Waals surface area contributed by atoms with Crippen LogP contribution in [0.15, 0.2) is 84.9 Å². The van der Waals surface area contributed by atoms with Gasteiger partial charge in [0.1, 0.15) is 18.1 Å². The number of aromatic carboxylic acids is 1. The van der Waals surface area contributed by atoms with Crippen LogP contribution in [0, 0.1) is 6.92 Å². The molecule has 4 aromatic rings. The number of ether oxygens (including phenoxy) is 2. The van der Waals surface area contributed by atoms with E-state index in [9.17, 15) is 9.90 Å². The average molecular weight is 454 g/mol. The van der Waals surface area contributed by atoms with Crippen LogP contribution in [-0.4, -0.2) is 23.2 Å². The highest BCUT2D eigenvalue weighted by molar-refractivity contribution is 5.89. The molecule has 0 bridgehead atoms. The average Bonchev–Trinajstić information content (AvgIpc) is 2.87. The zero-order chi connectivity index (χ0) is 23.9. The molecule has 0 aliphatic rings. The Morgan fingerprint density at radius 3 is 2.35 bits per heavy atom. The minimum absolute atomic E-state index is 0.213. The molecular weight excluding hydrogens is 426 g/mol. The number of aryl methyl sites for hydroxylation is 3. The van der Waals surface area contributed by atoms with Gasteiger partial charge in [-0.15, -0.1) is 0 Å². The summed E-state index contributed by atoms with van der Waals surface area (Å²) >= 11 is 0. The molecule has 0 spiro atoms. The maximum absolute atomic E-state index is 11.9. The van der Waals surface area contributed by atoms with E-state index in [0.29, 0.717) is 42.3 Å². The van der Waals surface area contributed by atoms with Crippen LogP contribution in [0.2, 0.25) is 0 Å². The Morgan fingerprint density at radius 1 is 0.882 bits per heavy atom. The first-order valence-corrected chi connectivity index (χ1v) is 11.2. The Labute approximate surface area is 199 Å². The molecule has 0 fully saturated rings. The molecule has 1 heterocycles. The predicted octanol–water partition coefficient (Wildman–Crippen LogP) is 6.13. The fraction of sp³-hybridized carbons (Fsp3) is 0.172. The van der Waals surface area contributed by atoms with Gasteiger partial charge >= 0.3 is 5.97 Å². The fourth-order valence-electron chi connectivity index (χ4n) is 3.75. The third-order valence-corrected chi connectivity index (χ3v) is 5.68. The van der Waals surface area contributed by atoms with E-state index in [0.717, 1.165) is 16.7 Å². The Morgan fingerprint density at radius 2 is 1.65 bits per heavy atom. The van der Waals surface area contributed by atoms with Crippen molar-refractivity contribution in [2.75, 3.05) is 7.11 Å². The van der Waals surface area contributed by atoms with E-state index in [4.69, 9.17) is 14.5 Å². The van der Waals surface area contributed by atoms with Gasteiger partial charge in [-0.3, -0.25) is 4.98 Å². The highest BCUT2D eigenvalue weighted by Crippen LogP contribution is 2.34. The number of benzene rings is 3. The van der Waals surface area contributed by atoms with Crippen LogP contribution in [0.4, 0.5) is 0 Å². The molecule has 0 atom stereocenters. The van der Waals surface area contributed by atoms with E-state index >= 15 is 0 Å². The summed E-state index contributed by atoms with van der Waals surface area (Å²) < 4.78 is 11.5. The van der Waals surface area contributed by atoms with Gasteiger partial charge in [0.05, 0.1) is 24.1 Å². The van der Waals surface area contributed by atoms with Gasteiger partial charge in [0.15, 0.2) is 0 Å². The molecule has 5 nitrogen and oxygen atoms in total. The van der Waals surface area contributed by atoms with Gasteiger partial charge in [-0.1, -0.05) is 60.2 Å². The molecule has 1 N–H and O–H groups in total. The Kier molecular flexibility index (Phi) is 7.23. The number of pyridine rings is 1. The zero-order valence-corrected chi connectivity index (χ0v) is 19.3. The molecule has 4 rings (SSSR count). The standard InChI is InChI=1S/C29H27NO4/c1-20-8-10-21(11-9-20)12-15-26-24(29(31)32)14-16-27(30-26)25-18-23(33-2)13-17-28(25)34-19-22-6-4-3-5-7-22/h3-11,13-14,16-18H,12,15,19H2,1-2H3,(H,31,32). The molecule has 0 saturated heterocycles. The monoisotopic (exact) mass is 453 g/mol. The zero-order valence-electron chi connectivity index (χ0n) is 19.3. The molecule has 0 saturated carbocycles. The number of rotatable bonds is 9. The molecule has 5 heteroatoms. The summed E-state index contributed by atoms with van der Waals surface area (Å²) in [5.41, 5.74) is 5.54. The number of carboxylic acids is 1. The Balaban J connectivity index is 1.66. The first-order chi connectivity index (χ1) is 16.5. The van der Waals surface area contributed by atoms with Crippen LogP contribution in [0.25, 0.3) is 11.3 Å². The van der Waals surface area contributed by atoms with Crippen LogP contribution < -0.4 is 9.47 Å². The minimum Gasteiger partial charge on any atom is -0.497 e. The van der Waals surface area contributed by atoms with E-state index in [1.807, 2.05) is 55.5 Å². The van der Waals surface area contributed by atoms with Gasteiger partial charge in [-0.05, 0) is 61.2 Å². The van der Waals surface area contributed by atoms with Crippen LogP contribution in [0.1, 0.15) is 32.7 Å². The van der Waals surface area contributed by atoms with Crippen LogP contribution in [-0.2, 0) is 19.4 Å². The first-order valence-electron chi connectivity index (χ1n) is 11.2. The number of hydrogen-bond donors (Lipinski definition) is 1. The molecule has 0 aliphatic heterocycles. The summed E-state index contributed by atoms with van der Waals surface area (Å²) in [4.78, 5) is 16.6. The summed E-state index contributed by atoms with van der Waals surface area (Å²) in [6, 6.07) is 27.1. The Hall–Kier alpha value is -4.12. The number of nitrogens with zero attached hydrogens (tertiary/aromatic N) is 1. The van der Waals surface area contributed by atoms with Crippen molar-refractivity contribution in [2.45, 2.75) is 26.4 Å². The fourth-order valence-corrected chi connectivity index (χ4v) is 3.75. The topological polar surface area (TPSA) is 68.7 Å². The largest absolute Gasteiger partial charge is 0.497 e. The molecular formula is C29H27NO4. The van der Waals surface area contributed by atoms with E-state index < -0.39 is 5.97 Å². The van der Waals surface area contributed by atoms with E-state index in [1.165, 1.54) is 5.56 Å². The molecule has 0 amide bonds. The first kappa shape index (κ1) is 23.1. The second-order valence-corrected chi connectivity index (χ2v) is 8.12. The quantitative estimate of drug-likeness (QED) is 0.330. The summed E-state index contributed by atoms with van der Waals surface area (Å²) in [6.45, 7) is 2.45. The van der Waals surface area contributed by atoms with Crippen molar-refractivity contribution in [1.82, 2.24) is 4.98 Å². The summed E-state index contributed by atoms with van der Waals surface area (Å²) in [5.74, 6) is 0.348. The molecule has 0 aliphatic carbocycles. The SMILES string of the molecule is COc1ccc(OCc2ccccc2)c(-c2ccc(C(=O)O)c(CCc3ccc(C)cc3)n2)c1. The van der Waals surface area contributed by atoms with Gasteiger partial charge < -0.3 is 14.6 Å². The van der Waals surface area contributed by atoms with Gasteiger partial charge in [0.2, 0.25) is 0 Å². The number of carboxylic acid groups (broad SMARTS) is 1. The number of hydrogen-bond acceptors (Lipinski definition) is 4. The van der Waals surface area contributed by atoms with Gasteiger partial charge in [-0.2, -0.15) is 0 Å². The van der Waals surface area contributed by atoms with E-state index in [-0.39, 0.29) is 5.56 Å². The van der Waals surface area contributed by atoms with Crippen molar-refractivity contribution < 1.29 is 19.4 Å². The lowest BCUT2D eigenvalue weighted by Crippen LogP contribution is -2.07. The summed E-state index contributed by atoms with van der Waals surface area (Å²) in [6.07, 6.45) is 1.22. The van der Waals surface area contributed by atoms with Gasteiger partial charge in [-0.25, -0.2) is 4.79 Å². The lowest BCUT2D eigenvalue weighted by atomic mass is 10.0. The van der Waals surface area contributed by atoms with Crippen molar-refractivity contribution in [1.29, 1.82) is 0 Å². The van der Waals surface area contributed by atoms with Crippen LogP contribution in [0.5, 0.6) is 11.5 Å². The molecule has 0 unspecified atom stereocenters. The molecule has 172 valence electrons. The molecule has 34 heavy (non-hydrogen) atoms. The van der Waals surface area contributed by atoms with Crippen molar-refractivity contribution >= 4 is 5.97 Å². The number of methoxy groups -OCH3 is 1. The van der Waals surface area contributed by atoms with Crippen molar-refractivity contribution in [3.8, 4) is 22.8 Å². The summed E-state index contributed by atoms with van der Waals surface area (Å²) in [7, 11) is 1.61. The van der Waals surface area contributed by atoms with E-state index in [1.54, 1.807) is 19.2 Å². The summed E-state index contributed by atoms with van der Waals surface area (Å²) in [5, 5.41) is 9.72. The molecule has 3 aromatic carbocycles. The second kappa shape index (κ2) is 10.7.